The van der Waals surface area contributed by atoms with Gasteiger partial charge in [-0.25, -0.2) is 0 Å². The van der Waals surface area contributed by atoms with E-state index in [1.807, 2.05) is 0 Å². The normalized spacial score (nSPS) is 12.4. The zero-order valence-corrected chi connectivity index (χ0v) is 13.9. The van der Waals surface area contributed by atoms with Gasteiger partial charge < -0.3 is 10.2 Å². The van der Waals surface area contributed by atoms with Gasteiger partial charge in [0.05, 0.1) is 0 Å². The van der Waals surface area contributed by atoms with E-state index in [2.05, 4.69) is 82.9 Å². The Morgan fingerprint density at radius 3 is 2.42 bits per heavy atom. The number of hydrogen-bond donors (Lipinski definition) is 1. The number of anilines is 1. The highest BCUT2D eigenvalue weighted by molar-refractivity contribution is 9.10. The second kappa shape index (κ2) is 6.55. The minimum atomic E-state index is 0.364. The van der Waals surface area contributed by atoms with Crippen LogP contribution in [0.1, 0.15) is 23.4 Å². The van der Waals surface area contributed by atoms with Gasteiger partial charge in [-0.05, 0) is 52.0 Å². The van der Waals surface area contributed by atoms with Gasteiger partial charge in [-0.2, -0.15) is 0 Å². The predicted molar refractivity (Wildman–Crippen MR) is 88.0 cm³/mol. The van der Waals surface area contributed by atoms with Crippen LogP contribution in [0.15, 0.2) is 40.2 Å². The van der Waals surface area contributed by atoms with Gasteiger partial charge in [0.15, 0.2) is 0 Å². The third kappa shape index (κ3) is 3.81. The molecule has 2 aromatic rings. The average Bonchev–Trinajstić information content (AvgIpc) is 2.83. The van der Waals surface area contributed by atoms with Crippen molar-refractivity contribution in [2.45, 2.75) is 19.5 Å². The summed E-state index contributed by atoms with van der Waals surface area (Å²) in [7, 11) is 4.12. The number of nitrogens with zero attached hydrogens (tertiary/aromatic N) is 1. The summed E-state index contributed by atoms with van der Waals surface area (Å²) < 4.78 is 1.19. The molecule has 0 aliphatic rings. The van der Waals surface area contributed by atoms with E-state index in [0.29, 0.717) is 6.04 Å². The lowest BCUT2D eigenvalue weighted by Gasteiger charge is -2.15. The molecule has 0 radical (unpaired) electrons. The third-order valence-corrected chi connectivity index (χ3v) is 5.16. The fourth-order valence-electron chi connectivity index (χ4n) is 1.89. The van der Waals surface area contributed by atoms with Crippen LogP contribution in [0.25, 0.3) is 0 Å². The first-order valence-corrected chi connectivity index (χ1v) is 7.97. The minimum Gasteiger partial charge on any atom is -0.378 e. The largest absolute Gasteiger partial charge is 0.378 e. The molecule has 1 atom stereocenters. The van der Waals surface area contributed by atoms with E-state index in [1.54, 1.807) is 11.3 Å². The third-order valence-electron chi connectivity index (χ3n) is 3.10. The molecule has 1 heterocycles. The maximum atomic E-state index is 3.58. The Bertz CT molecular complexity index is 519. The lowest BCUT2D eigenvalue weighted by atomic mass is 10.2. The van der Waals surface area contributed by atoms with Crippen LogP contribution in [0, 0.1) is 0 Å². The Hall–Kier alpha value is -0.840. The highest BCUT2D eigenvalue weighted by Crippen LogP contribution is 2.28. The Balaban J connectivity index is 1.93. The Morgan fingerprint density at radius 2 is 1.89 bits per heavy atom. The summed E-state index contributed by atoms with van der Waals surface area (Å²) in [5.41, 5.74) is 2.54. The molecule has 0 aliphatic carbocycles. The molecule has 2 rings (SSSR count). The summed E-state index contributed by atoms with van der Waals surface area (Å²) in [5, 5.41) is 5.67. The van der Waals surface area contributed by atoms with Crippen LogP contribution in [0.2, 0.25) is 0 Å². The van der Waals surface area contributed by atoms with Crippen LogP contribution >= 0.6 is 27.3 Å². The lowest BCUT2D eigenvalue weighted by Crippen LogP contribution is -2.17. The fraction of sp³-hybridized carbons (Fsp3) is 0.333. The van der Waals surface area contributed by atoms with E-state index < -0.39 is 0 Å². The molecule has 0 saturated heterocycles. The van der Waals surface area contributed by atoms with Crippen LogP contribution in [0.5, 0.6) is 0 Å². The van der Waals surface area contributed by atoms with Gasteiger partial charge in [0.2, 0.25) is 0 Å². The van der Waals surface area contributed by atoms with Crippen LogP contribution in [0.3, 0.4) is 0 Å². The van der Waals surface area contributed by atoms with Crippen molar-refractivity contribution in [3.8, 4) is 0 Å². The van der Waals surface area contributed by atoms with Crippen molar-refractivity contribution in [1.82, 2.24) is 5.32 Å². The van der Waals surface area contributed by atoms with Crippen molar-refractivity contribution >= 4 is 33.0 Å². The Labute approximate surface area is 127 Å². The fourth-order valence-corrected chi connectivity index (χ4v) is 3.64. The predicted octanol–water partition coefficient (Wildman–Crippen LogP) is 4.43. The molecule has 19 heavy (non-hydrogen) atoms. The van der Waals surface area contributed by atoms with E-state index in [4.69, 9.17) is 0 Å². The van der Waals surface area contributed by atoms with Crippen molar-refractivity contribution in [3.63, 3.8) is 0 Å². The van der Waals surface area contributed by atoms with Crippen molar-refractivity contribution in [2.75, 3.05) is 19.0 Å². The summed E-state index contributed by atoms with van der Waals surface area (Å²) >= 11 is 5.37. The average molecular weight is 339 g/mol. The maximum absolute atomic E-state index is 3.58. The molecule has 0 aliphatic heterocycles. The van der Waals surface area contributed by atoms with Crippen LogP contribution in [-0.4, -0.2) is 14.1 Å². The van der Waals surface area contributed by atoms with Crippen LogP contribution in [-0.2, 0) is 6.54 Å². The Kier molecular flexibility index (Phi) is 5.02. The van der Waals surface area contributed by atoms with Crippen molar-refractivity contribution in [3.05, 3.63) is 50.6 Å². The molecule has 0 bridgehead atoms. The lowest BCUT2D eigenvalue weighted by molar-refractivity contribution is 0.581. The molecular formula is C15H19BrN2S. The molecule has 4 heteroatoms. The Morgan fingerprint density at radius 1 is 1.21 bits per heavy atom. The number of nitrogens with one attached hydrogen (secondary N) is 1. The van der Waals surface area contributed by atoms with Crippen molar-refractivity contribution in [2.24, 2.45) is 0 Å². The van der Waals surface area contributed by atoms with Gasteiger partial charge >= 0.3 is 0 Å². The van der Waals surface area contributed by atoms with E-state index in [9.17, 15) is 0 Å². The minimum absolute atomic E-state index is 0.364. The molecule has 0 spiro atoms. The molecule has 0 amide bonds. The molecule has 0 fully saturated rings. The van der Waals surface area contributed by atoms with Crippen molar-refractivity contribution < 1.29 is 0 Å². The summed E-state index contributed by atoms with van der Waals surface area (Å²) in [4.78, 5) is 3.47. The molecule has 1 aromatic carbocycles. The van der Waals surface area contributed by atoms with Gasteiger partial charge in [0.1, 0.15) is 0 Å². The molecule has 102 valence electrons. The standard InChI is InChI=1S/C15H19BrN2S/c1-11(15-14(16)8-9-19-15)17-10-12-4-6-13(7-5-12)18(2)3/h4-9,11,17H,10H2,1-3H3. The molecule has 1 unspecified atom stereocenters. The van der Waals surface area contributed by atoms with Gasteiger partial charge in [-0.1, -0.05) is 12.1 Å². The molecule has 0 saturated carbocycles. The van der Waals surface area contributed by atoms with E-state index in [1.165, 1.54) is 20.6 Å². The quantitative estimate of drug-likeness (QED) is 0.867. The summed E-state index contributed by atoms with van der Waals surface area (Å²) in [5.74, 6) is 0. The first-order valence-electron chi connectivity index (χ1n) is 6.30. The second-order valence-corrected chi connectivity index (χ2v) is 6.60. The number of hydrogen-bond acceptors (Lipinski definition) is 3. The smallest absolute Gasteiger partial charge is 0.0400 e. The molecule has 1 N–H and O–H groups in total. The maximum Gasteiger partial charge on any atom is 0.0400 e. The van der Waals surface area contributed by atoms with Gasteiger partial charge in [-0.3, -0.25) is 0 Å². The highest BCUT2D eigenvalue weighted by Gasteiger charge is 2.10. The number of benzene rings is 1. The van der Waals surface area contributed by atoms with Gasteiger partial charge in [0.25, 0.3) is 0 Å². The monoisotopic (exact) mass is 338 g/mol. The number of thiophene rings is 1. The van der Waals surface area contributed by atoms with E-state index in [0.717, 1.165) is 6.54 Å². The zero-order chi connectivity index (χ0) is 13.8. The summed E-state index contributed by atoms with van der Waals surface area (Å²) in [6.45, 7) is 3.09. The second-order valence-electron chi connectivity index (χ2n) is 4.80. The van der Waals surface area contributed by atoms with Crippen LogP contribution < -0.4 is 10.2 Å². The van der Waals surface area contributed by atoms with Gasteiger partial charge in [0, 0.05) is 41.7 Å². The van der Waals surface area contributed by atoms with Crippen LogP contribution in [0.4, 0.5) is 5.69 Å². The van der Waals surface area contributed by atoms with Crippen molar-refractivity contribution in [1.29, 1.82) is 0 Å². The number of rotatable bonds is 5. The zero-order valence-electron chi connectivity index (χ0n) is 11.5. The SMILES string of the molecule is CC(NCc1ccc(N(C)C)cc1)c1sccc1Br. The van der Waals surface area contributed by atoms with E-state index in [-0.39, 0.29) is 0 Å². The first kappa shape index (κ1) is 14.6. The van der Waals surface area contributed by atoms with Gasteiger partial charge in [-0.15, -0.1) is 11.3 Å². The highest BCUT2D eigenvalue weighted by atomic mass is 79.9. The first-order chi connectivity index (χ1) is 9.08. The molecule has 2 nitrogen and oxygen atoms in total. The molecular weight excluding hydrogens is 320 g/mol. The summed E-state index contributed by atoms with van der Waals surface area (Å²) in [6, 6.07) is 11.1. The topological polar surface area (TPSA) is 15.3 Å². The molecule has 1 aromatic heterocycles. The number of halogens is 1. The van der Waals surface area contributed by atoms with E-state index >= 15 is 0 Å². The summed E-state index contributed by atoms with van der Waals surface area (Å²) in [6.07, 6.45) is 0.